The number of hydrogen-bond acceptors (Lipinski definition) is 4. The van der Waals surface area contributed by atoms with Gasteiger partial charge in [0.2, 0.25) is 0 Å². The zero-order chi connectivity index (χ0) is 9.52. The smallest absolute Gasteiger partial charge is 0.305 e. The molecule has 76 valence electrons. The molecular formula is C9H16O4. The second kappa shape index (κ2) is 5.94. The third-order valence-electron chi connectivity index (χ3n) is 2.09. The molecule has 0 aromatic rings. The average molecular weight is 188 g/mol. The van der Waals surface area contributed by atoms with Crippen molar-refractivity contribution in [3.8, 4) is 0 Å². The fourth-order valence-corrected chi connectivity index (χ4v) is 1.33. The highest BCUT2D eigenvalue weighted by Crippen LogP contribution is 2.15. The highest BCUT2D eigenvalue weighted by atomic mass is 17.2. The Morgan fingerprint density at radius 1 is 1.62 bits per heavy atom. The van der Waals surface area contributed by atoms with Crippen LogP contribution < -0.4 is 0 Å². The Bertz CT molecular complexity index is 152. The monoisotopic (exact) mass is 188 g/mol. The molecule has 0 aliphatic carbocycles. The Morgan fingerprint density at radius 2 is 2.46 bits per heavy atom. The van der Waals surface area contributed by atoms with Gasteiger partial charge in [0.15, 0.2) is 0 Å². The van der Waals surface area contributed by atoms with Crippen molar-refractivity contribution in [1.29, 1.82) is 0 Å². The second-order valence-electron chi connectivity index (χ2n) is 3.15. The van der Waals surface area contributed by atoms with Crippen molar-refractivity contribution in [3.63, 3.8) is 0 Å². The van der Waals surface area contributed by atoms with Crippen LogP contribution in [-0.2, 0) is 19.3 Å². The minimum Gasteiger partial charge on any atom is -0.469 e. The molecule has 0 aromatic carbocycles. The Morgan fingerprint density at radius 3 is 3.08 bits per heavy atom. The molecule has 13 heavy (non-hydrogen) atoms. The van der Waals surface area contributed by atoms with E-state index in [4.69, 9.17) is 9.78 Å². The first-order valence-electron chi connectivity index (χ1n) is 4.68. The van der Waals surface area contributed by atoms with Gasteiger partial charge in [0.1, 0.15) is 0 Å². The van der Waals surface area contributed by atoms with Crippen molar-refractivity contribution in [1.82, 2.24) is 0 Å². The third-order valence-corrected chi connectivity index (χ3v) is 2.09. The molecule has 1 fully saturated rings. The quantitative estimate of drug-likeness (QED) is 0.494. The topological polar surface area (TPSA) is 44.8 Å². The van der Waals surface area contributed by atoms with E-state index >= 15 is 0 Å². The van der Waals surface area contributed by atoms with Crippen LogP contribution in [0.1, 0.15) is 32.1 Å². The lowest BCUT2D eigenvalue weighted by Gasteiger charge is -2.20. The van der Waals surface area contributed by atoms with Crippen LogP contribution in [0.25, 0.3) is 0 Å². The molecule has 0 N–H and O–H groups in total. The highest BCUT2D eigenvalue weighted by Gasteiger charge is 2.15. The molecule has 1 saturated heterocycles. The molecule has 1 aliphatic heterocycles. The number of ether oxygens (including phenoxy) is 1. The Hall–Kier alpha value is -0.610. The molecular weight excluding hydrogens is 172 g/mol. The van der Waals surface area contributed by atoms with Crippen LogP contribution in [0.4, 0.5) is 0 Å². The van der Waals surface area contributed by atoms with Gasteiger partial charge in [-0.2, -0.15) is 0 Å². The fraction of sp³-hybridized carbons (Fsp3) is 0.889. The van der Waals surface area contributed by atoms with E-state index in [1.165, 1.54) is 7.11 Å². The molecule has 1 heterocycles. The van der Waals surface area contributed by atoms with E-state index in [1.807, 2.05) is 0 Å². The van der Waals surface area contributed by atoms with E-state index in [0.717, 1.165) is 25.7 Å². The van der Waals surface area contributed by atoms with Crippen LogP contribution in [0.15, 0.2) is 0 Å². The van der Waals surface area contributed by atoms with Gasteiger partial charge in [-0.3, -0.25) is 4.79 Å². The number of methoxy groups -OCH3 is 1. The maximum absolute atomic E-state index is 10.8. The van der Waals surface area contributed by atoms with Gasteiger partial charge >= 0.3 is 5.97 Å². The van der Waals surface area contributed by atoms with Crippen molar-refractivity contribution in [2.45, 2.75) is 38.2 Å². The summed E-state index contributed by atoms with van der Waals surface area (Å²) in [5.74, 6) is -0.156. The van der Waals surface area contributed by atoms with Crippen LogP contribution >= 0.6 is 0 Å². The van der Waals surface area contributed by atoms with Crippen molar-refractivity contribution in [2.75, 3.05) is 13.7 Å². The van der Waals surface area contributed by atoms with E-state index in [-0.39, 0.29) is 12.1 Å². The zero-order valence-electron chi connectivity index (χ0n) is 7.95. The number of carbonyl (C=O) groups excluding carboxylic acids is 1. The van der Waals surface area contributed by atoms with Crippen LogP contribution in [0, 0.1) is 0 Å². The molecule has 4 heteroatoms. The van der Waals surface area contributed by atoms with E-state index in [0.29, 0.717) is 13.0 Å². The summed E-state index contributed by atoms with van der Waals surface area (Å²) < 4.78 is 4.53. The lowest BCUT2D eigenvalue weighted by atomic mass is 10.1. The van der Waals surface area contributed by atoms with E-state index in [9.17, 15) is 4.79 Å². The Kier molecular flexibility index (Phi) is 4.78. The molecule has 0 bridgehead atoms. The normalized spacial score (nSPS) is 22.7. The number of rotatable bonds is 4. The van der Waals surface area contributed by atoms with Gasteiger partial charge in [-0.25, -0.2) is 9.78 Å². The van der Waals surface area contributed by atoms with Gasteiger partial charge in [0, 0.05) is 6.42 Å². The SMILES string of the molecule is COC(=O)CCCC1CCCOO1. The molecule has 0 spiro atoms. The van der Waals surface area contributed by atoms with Crippen molar-refractivity contribution in [2.24, 2.45) is 0 Å². The van der Waals surface area contributed by atoms with Crippen LogP contribution in [0.5, 0.6) is 0 Å². The molecule has 4 nitrogen and oxygen atoms in total. The molecule has 0 saturated carbocycles. The van der Waals surface area contributed by atoms with E-state index in [1.54, 1.807) is 0 Å². The van der Waals surface area contributed by atoms with Gasteiger partial charge in [0.05, 0.1) is 19.8 Å². The molecule has 1 aliphatic rings. The first-order chi connectivity index (χ1) is 6.33. The first-order valence-corrected chi connectivity index (χ1v) is 4.68. The van der Waals surface area contributed by atoms with Crippen molar-refractivity contribution in [3.05, 3.63) is 0 Å². The molecule has 0 aromatic heterocycles. The summed E-state index contributed by atoms with van der Waals surface area (Å²) in [6, 6.07) is 0. The Balaban J connectivity index is 2.01. The minimum absolute atomic E-state index is 0.156. The largest absolute Gasteiger partial charge is 0.469 e. The predicted molar refractivity (Wildman–Crippen MR) is 45.9 cm³/mol. The molecule has 1 rings (SSSR count). The minimum atomic E-state index is -0.156. The number of esters is 1. The summed E-state index contributed by atoms with van der Waals surface area (Å²) in [7, 11) is 1.41. The number of hydrogen-bond donors (Lipinski definition) is 0. The van der Waals surface area contributed by atoms with Gasteiger partial charge in [0.25, 0.3) is 0 Å². The average Bonchev–Trinajstić information content (AvgIpc) is 2.19. The van der Waals surface area contributed by atoms with Crippen LogP contribution in [0.3, 0.4) is 0 Å². The molecule has 0 amide bonds. The predicted octanol–water partition coefficient (Wildman–Crippen LogP) is 1.44. The molecule has 1 unspecified atom stereocenters. The Labute approximate surface area is 78.1 Å². The van der Waals surface area contributed by atoms with Crippen molar-refractivity contribution < 1.29 is 19.3 Å². The van der Waals surface area contributed by atoms with Crippen LogP contribution in [0.2, 0.25) is 0 Å². The maximum Gasteiger partial charge on any atom is 0.305 e. The summed E-state index contributed by atoms with van der Waals surface area (Å²) in [6.07, 6.45) is 4.38. The molecule has 1 atom stereocenters. The zero-order valence-corrected chi connectivity index (χ0v) is 7.95. The lowest BCUT2D eigenvalue weighted by molar-refractivity contribution is -0.345. The summed E-state index contributed by atoms with van der Waals surface area (Å²) in [6.45, 7) is 0.688. The first kappa shape index (κ1) is 10.5. The van der Waals surface area contributed by atoms with Gasteiger partial charge in [-0.1, -0.05) is 0 Å². The summed E-state index contributed by atoms with van der Waals surface area (Å²) in [5, 5.41) is 0. The summed E-state index contributed by atoms with van der Waals surface area (Å²) in [5.41, 5.74) is 0. The van der Waals surface area contributed by atoms with Gasteiger partial charge in [-0.05, 0) is 25.7 Å². The van der Waals surface area contributed by atoms with Crippen LogP contribution in [-0.4, -0.2) is 25.8 Å². The van der Waals surface area contributed by atoms with Gasteiger partial charge in [-0.15, -0.1) is 0 Å². The summed E-state index contributed by atoms with van der Waals surface area (Å²) in [4.78, 5) is 20.7. The third kappa shape index (κ3) is 4.24. The summed E-state index contributed by atoms with van der Waals surface area (Å²) >= 11 is 0. The highest BCUT2D eigenvalue weighted by molar-refractivity contribution is 5.68. The standard InChI is InChI=1S/C9H16O4/c1-11-9(10)6-2-4-8-5-3-7-12-13-8/h8H,2-7H2,1H3. The van der Waals surface area contributed by atoms with E-state index < -0.39 is 0 Å². The lowest BCUT2D eigenvalue weighted by Crippen LogP contribution is -2.20. The molecule has 0 radical (unpaired) electrons. The van der Waals surface area contributed by atoms with Crippen molar-refractivity contribution >= 4 is 5.97 Å². The maximum atomic E-state index is 10.8. The number of carbonyl (C=O) groups is 1. The van der Waals surface area contributed by atoms with E-state index in [2.05, 4.69) is 4.74 Å². The second-order valence-corrected chi connectivity index (χ2v) is 3.15. The van der Waals surface area contributed by atoms with Gasteiger partial charge < -0.3 is 4.74 Å². The fourth-order valence-electron chi connectivity index (χ4n) is 1.33.